The number of thiol groups is 1. The zero-order valence-electron chi connectivity index (χ0n) is 24.3. The Morgan fingerprint density at radius 2 is 1.62 bits per heavy atom. The van der Waals surface area contributed by atoms with Gasteiger partial charge in [-0.2, -0.15) is 25.8 Å². The number of nitrogens with two attached hydrogens (primary N) is 1. The molecule has 3 unspecified atom stereocenters. The quantitative estimate of drug-likeness (QED) is 0.163. The first-order valence-electron chi connectivity index (χ1n) is 13.9. The molecule has 3 aromatic carbocycles. The molecule has 0 radical (unpaired) electrons. The molecule has 0 aromatic heterocycles. The first-order chi connectivity index (χ1) is 21.3. The van der Waals surface area contributed by atoms with Crippen molar-refractivity contribution in [3.8, 4) is 11.8 Å². The van der Waals surface area contributed by atoms with Gasteiger partial charge in [0.2, 0.25) is 0 Å². The number of carbonyl (C=O) groups excluding carboxylic acids is 4. The van der Waals surface area contributed by atoms with Crippen LogP contribution in [0.1, 0.15) is 59.4 Å². The molecule has 4 rings (SSSR count). The van der Waals surface area contributed by atoms with Crippen LogP contribution in [0.15, 0.2) is 78.9 Å². The van der Waals surface area contributed by atoms with Gasteiger partial charge in [-0.25, -0.2) is 4.79 Å². The molecule has 1 aliphatic rings. The number of alkyl halides is 3. The van der Waals surface area contributed by atoms with Gasteiger partial charge >= 0.3 is 18.1 Å². The van der Waals surface area contributed by atoms with E-state index in [-0.39, 0.29) is 17.8 Å². The van der Waals surface area contributed by atoms with E-state index in [1.807, 2.05) is 0 Å². The van der Waals surface area contributed by atoms with Crippen molar-refractivity contribution in [3.05, 3.63) is 101 Å². The number of rotatable bonds is 7. The van der Waals surface area contributed by atoms with Crippen LogP contribution >= 0.6 is 12.6 Å². The normalized spacial score (nSPS) is 16.3. The van der Waals surface area contributed by atoms with Crippen LogP contribution in [0.2, 0.25) is 0 Å². The Bertz CT molecular complexity index is 1640. The van der Waals surface area contributed by atoms with Gasteiger partial charge in [0.25, 0.3) is 11.8 Å². The van der Waals surface area contributed by atoms with E-state index >= 15 is 0 Å². The molecule has 0 fully saturated rings. The zero-order chi connectivity index (χ0) is 32.9. The Labute approximate surface area is 263 Å². The number of ether oxygens (including phenoxy) is 1. The summed E-state index contributed by atoms with van der Waals surface area (Å²) in [7, 11) is 0. The van der Waals surface area contributed by atoms with Crippen molar-refractivity contribution >= 4 is 42.1 Å². The Hall–Kier alpha value is -4.60. The first-order valence-corrected chi connectivity index (χ1v) is 14.5. The number of halogens is 3. The lowest BCUT2D eigenvalue weighted by molar-refractivity contribution is -0.202. The Kier molecular flexibility index (Phi) is 10.4. The van der Waals surface area contributed by atoms with E-state index in [0.717, 1.165) is 0 Å². The number of carbonyl (C=O) groups is 4. The van der Waals surface area contributed by atoms with E-state index in [1.54, 1.807) is 86.6 Å². The lowest BCUT2D eigenvalue weighted by Crippen LogP contribution is -2.46. The summed E-state index contributed by atoms with van der Waals surface area (Å²) in [6.45, 7) is 3.74. The largest absolute Gasteiger partial charge is 0.491 e. The predicted molar refractivity (Wildman–Crippen MR) is 164 cm³/mol. The van der Waals surface area contributed by atoms with Crippen LogP contribution in [0.25, 0.3) is 0 Å². The van der Waals surface area contributed by atoms with Crippen LogP contribution in [-0.4, -0.2) is 52.7 Å². The van der Waals surface area contributed by atoms with Crippen molar-refractivity contribution in [2.75, 3.05) is 11.4 Å². The number of anilines is 1. The lowest BCUT2D eigenvalue weighted by Gasteiger charge is -2.37. The summed E-state index contributed by atoms with van der Waals surface area (Å²) < 4.78 is 43.0. The highest BCUT2D eigenvalue weighted by Crippen LogP contribution is 2.42. The molecule has 234 valence electrons. The summed E-state index contributed by atoms with van der Waals surface area (Å²) in [5.74, 6) is 0.397. The van der Waals surface area contributed by atoms with Crippen molar-refractivity contribution in [3.63, 3.8) is 0 Å². The molecule has 3 aromatic rings. The number of fused-ring (bicyclic) bond motifs is 1. The Balaban J connectivity index is 1.96. The molecule has 0 saturated heterocycles. The van der Waals surface area contributed by atoms with Crippen molar-refractivity contribution in [1.82, 2.24) is 4.90 Å². The summed E-state index contributed by atoms with van der Waals surface area (Å²) in [5.41, 5.74) is 7.14. The van der Waals surface area contributed by atoms with Crippen LogP contribution in [0.5, 0.6) is 0 Å². The summed E-state index contributed by atoms with van der Waals surface area (Å²) in [5, 5.41) is -0.430. The van der Waals surface area contributed by atoms with Gasteiger partial charge in [0.15, 0.2) is 0 Å². The number of hydrogen-bond donors (Lipinski definition) is 2. The molecule has 1 aliphatic heterocycles. The third kappa shape index (κ3) is 7.56. The van der Waals surface area contributed by atoms with Gasteiger partial charge in [0, 0.05) is 18.2 Å². The second-order valence-corrected chi connectivity index (χ2v) is 11.1. The minimum absolute atomic E-state index is 0.0754. The predicted octanol–water partition coefficient (Wildman–Crippen LogP) is 5.00. The lowest BCUT2D eigenvalue weighted by atomic mass is 9.95. The third-order valence-electron chi connectivity index (χ3n) is 7.03. The molecule has 45 heavy (non-hydrogen) atoms. The van der Waals surface area contributed by atoms with Crippen molar-refractivity contribution in [2.45, 2.75) is 49.8 Å². The van der Waals surface area contributed by atoms with Gasteiger partial charge < -0.3 is 20.3 Å². The summed E-state index contributed by atoms with van der Waals surface area (Å²) in [4.78, 5) is 56.3. The van der Waals surface area contributed by atoms with E-state index in [1.165, 1.54) is 15.9 Å². The number of esters is 2. The standard InChI is InChI=1S/C33H30F3N3O5S/c1-20(2)38-26-16-14-21(13-15-24(45)19-37)17-25(26)30(41)39(29(31(38)42)23-11-7-4-8-12-23)27(22-9-5-3-6-10-22)18-28(40)44-32(43)33(34,35)36/h3-12,14,16-17,20,24,27,29,45H,18-19,37H2,1-2H3. The molecule has 0 aliphatic carbocycles. The molecular weight excluding hydrogens is 607 g/mol. The van der Waals surface area contributed by atoms with E-state index < -0.39 is 59.7 Å². The van der Waals surface area contributed by atoms with Crippen LogP contribution in [0, 0.1) is 11.8 Å². The second kappa shape index (κ2) is 14.0. The van der Waals surface area contributed by atoms with Crippen LogP contribution in [0.4, 0.5) is 18.9 Å². The molecule has 2 N–H and O–H groups in total. The fourth-order valence-electron chi connectivity index (χ4n) is 5.05. The SMILES string of the molecule is CC(C)N1C(=O)C(c2ccccc2)N(C(CC(=O)OC(=O)C(F)(F)F)c2ccccc2)C(=O)c2cc(C#CC(S)CN)ccc21. The number of nitrogens with zero attached hydrogens (tertiary/aromatic N) is 2. The van der Waals surface area contributed by atoms with Crippen molar-refractivity contribution in [1.29, 1.82) is 0 Å². The number of hydrogen-bond acceptors (Lipinski definition) is 7. The van der Waals surface area contributed by atoms with Gasteiger partial charge in [0.05, 0.1) is 29.0 Å². The fraction of sp³-hybridized carbons (Fsp3) is 0.273. The highest BCUT2D eigenvalue weighted by molar-refractivity contribution is 7.81. The molecule has 0 spiro atoms. The van der Waals surface area contributed by atoms with Crippen LogP contribution in [-0.2, 0) is 19.1 Å². The van der Waals surface area contributed by atoms with Crippen LogP contribution in [0.3, 0.4) is 0 Å². The zero-order valence-corrected chi connectivity index (χ0v) is 25.2. The van der Waals surface area contributed by atoms with Crippen molar-refractivity contribution < 1.29 is 37.1 Å². The van der Waals surface area contributed by atoms with E-state index in [4.69, 9.17) is 5.73 Å². The van der Waals surface area contributed by atoms with Crippen LogP contribution < -0.4 is 10.6 Å². The van der Waals surface area contributed by atoms with Crippen molar-refractivity contribution in [2.24, 2.45) is 5.73 Å². The number of amides is 2. The number of benzene rings is 3. The highest BCUT2D eigenvalue weighted by atomic mass is 32.1. The van der Waals surface area contributed by atoms with Gasteiger partial charge in [-0.05, 0) is 43.2 Å². The topological polar surface area (TPSA) is 110 Å². The fourth-order valence-corrected chi connectivity index (χ4v) is 5.12. The molecular formula is C33H30F3N3O5S. The minimum Gasteiger partial charge on any atom is -0.386 e. The monoisotopic (exact) mass is 637 g/mol. The first kappa shape index (κ1) is 33.3. The molecule has 2 amide bonds. The van der Waals surface area contributed by atoms with E-state index in [2.05, 4.69) is 29.2 Å². The molecule has 0 saturated carbocycles. The van der Waals surface area contributed by atoms with E-state index in [9.17, 15) is 32.3 Å². The average Bonchev–Trinajstić information content (AvgIpc) is 3.10. The van der Waals surface area contributed by atoms with E-state index in [0.29, 0.717) is 16.7 Å². The summed E-state index contributed by atoms with van der Waals surface area (Å²) in [6.07, 6.45) is -6.27. The molecule has 0 bridgehead atoms. The maximum Gasteiger partial charge on any atom is 0.491 e. The average molecular weight is 638 g/mol. The molecule has 8 nitrogen and oxygen atoms in total. The summed E-state index contributed by atoms with van der Waals surface area (Å²) >= 11 is 4.29. The minimum atomic E-state index is -5.41. The highest BCUT2D eigenvalue weighted by Gasteiger charge is 2.47. The Morgan fingerprint density at radius 3 is 2.20 bits per heavy atom. The van der Waals surface area contributed by atoms with Gasteiger partial charge in [-0.15, -0.1) is 0 Å². The molecule has 1 heterocycles. The summed E-state index contributed by atoms with van der Waals surface area (Å²) in [6, 6.07) is 18.1. The molecule has 3 atom stereocenters. The Morgan fingerprint density at radius 1 is 1.00 bits per heavy atom. The maximum absolute atomic E-state index is 14.7. The maximum atomic E-state index is 14.7. The van der Waals surface area contributed by atoms with Gasteiger partial charge in [-0.3, -0.25) is 14.4 Å². The molecule has 12 heteroatoms. The third-order valence-corrected chi connectivity index (χ3v) is 7.37. The second-order valence-electron chi connectivity index (χ2n) is 10.5. The van der Waals surface area contributed by atoms with Gasteiger partial charge in [0.1, 0.15) is 6.04 Å². The smallest absolute Gasteiger partial charge is 0.386 e. The van der Waals surface area contributed by atoms with Gasteiger partial charge in [-0.1, -0.05) is 72.5 Å².